The summed E-state index contributed by atoms with van der Waals surface area (Å²) >= 11 is 0. The molecule has 2 aliphatic heterocycles. The van der Waals surface area contributed by atoms with Crippen molar-refractivity contribution in [3.05, 3.63) is 23.8 Å². The molecule has 1 saturated heterocycles. The van der Waals surface area contributed by atoms with E-state index in [9.17, 15) is 9.59 Å². The third-order valence-electron chi connectivity index (χ3n) is 5.57. The van der Waals surface area contributed by atoms with Gasteiger partial charge in [0.1, 0.15) is 17.1 Å². The fourth-order valence-corrected chi connectivity index (χ4v) is 3.87. The Morgan fingerprint density at radius 3 is 2.93 bits per heavy atom. The Morgan fingerprint density at radius 1 is 1.37 bits per heavy atom. The van der Waals surface area contributed by atoms with E-state index in [1.54, 1.807) is 25.3 Å². The number of amides is 1. The predicted molar refractivity (Wildman–Crippen MR) is 104 cm³/mol. The predicted octanol–water partition coefficient (Wildman–Crippen LogP) is 2.75. The van der Waals surface area contributed by atoms with E-state index in [-0.39, 0.29) is 11.7 Å². The number of unbranched alkanes of at least 4 members (excludes halogenated alkanes) is 1. The highest BCUT2D eigenvalue weighted by Gasteiger charge is 2.46. The molecule has 148 valence electrons. The van der Waals surface area contributed by atoms with Crippen LogP contribution in [0.5, 0.6) is 11.5 Å². The summed E-state index contributed by atoms with van der Waals surface area (Å²) in [5.41, 5.74) is -0.00933. The number of fused-ring (bicyclic) bond motifs is 1. The van der Waals surface area contributed by atoms with E-state index in [1.165, 1.54) is 0 Å². The molecule has 1 fully saturated rings. The van der Waals surface area contributed by atoms with Crippen molar-refractivity contribution in [2.75, 3.05) is 40.3 Å². The molecule has 6 nitrogen and oxygen atoms in total. The number of hydrogen-bond donors (Lipinski definition) is 0. The minimum absolute atomic E-state index is 0.0590. The van der Waals surface area contributed by atoms with Gasteiger partial charge < -0.3 is 19.3 Å². The third kappa shape index (κ3) is 4.43. The highest BCUT2D eigenvalue weighted by atomic mass is 16.5. The minimum atomic E-state index is -0.581. The SMILES string of the molecule is CCCCN(C)CCC(=O)N1CCC2(CC(=O)c3cc(OC)ccc3O2)C1. The maximum atomic E-state index is 12.7. The lowest BCUT2D eigenvalue weighted by atomic mass is 9.89. The Hall–Kier alpha value is -2.08. The molecule has 27 heavy (non-hydrogen) atoms. The maximum absolute atomic E-state index is 12.7. The number of carbonyl (C=O) groups excluding carboxylic acids is 2. The molecule has 2 aliphatic rings. The second-order valence-electron chi connectivity index (χ2n) is 7.72. The number of ether oxygens (including phenoxy) is 2. The molecule has 0 bridgehead atoms. The van der Waals surface area contributed by atoms with Gasteiger partial charge in [0.05, 0.1) is 25.6 Å². The summed E-state index contributed by atoms with van der Waals surface area (Å²) in [7, 11) is 3.64. The van der Waals surface area contributed by atoms with E-state index < -0.39 is 5.60 Å². The summed E-state index contributed by atoms with van der Waals surface area (Å²) in [4.78, 5) is 29.3. The van der Waals surface area contributed by atoms with E-state index in [0.29, 0.717) is 49.4 Å². The van der Waals surface area contributed by atoms with Crippen molar-refractivity contribution in [2.24, 2.45) is 0 Å². The summed E-state index contributed by atoms with van der Waals surface area (Å²) < 4.78 is 11.4. The van der Waals surface area contributed by atoms with Crippen LogP contribution in [0.2, 0.25) is 0 Å². The molecule has 3 rings (SSSR count). The second-order valence-corrected chi connectivity index (χ2v) is 7.72. The molecule has 1 unspecified atom stereocenters. The molecule has 0 aromatic heterocycles. The van der Waals surface area contributed by atoms with Crippen LogP contribution >= 0.6 is 0 Å². The van der Waals surface area contributed by atoms with Gasteiger partial charge in [0.25, 0.3) is 0 Å². The highest BCUT2D eigenvalue weighted by Crippen LogP contribution is 2.40. The van der Waals surface area contributed by atoms with Gasteiger partial charge in [-0.15, -0.1) is 0 Å². The number of methoxy groups -OCH3 is 1. The largest absolute Gasteiger partial charge is 0.497 e. The Kier molecular flexibility index (Phi) is 6.05. The number of nitrogens with zero attached hydrogens (tertiary/aromatic N) is 2. The van der Waals surface area contributed by atoms with Crippen LogP contribution in [0, 0.1) is 0 Å². The van der Waals surface area contributed by atoms with Gasteiger partial charge in [-0.3, -0.25) is 9.59 Å². The van der Waals surface area contributed by atoms with Gasteiger partial charge in [0.15, 0.2) is 5.78 Å². The van der Waals surface area contributed by atoms with Crippen LogP contribution in [0.4, 0.5) is 0 Å². The molecule has 0 saturated carbocycles. The van der Waals surface area contributed by atoms with E-state index in [1.807, 2.05) is 4.90 Å². The summed E-state index contributed by atoms with van der Waals surface area (Å²) in [5.74, 6) is 1.45. The zero-order valence-electron chi connectivity index (χ0n) is 16.6. The number of carbonyl (C=O) groups is 2. The van der Waals surface area contributed by atoms with Crippen LogP contribution in [-0.2, 0) is 4.79 Å². The van der Waals surface area contributed by atoms with Crippen molar-refractivity contribution < 1.29 is 19.1 Å². The van der Waals surface area contributed by atoms with Gasteiger partial charge in [-0.05, 0) is 38.2 Å². The first-order chi connectivity index (χ1) is 13.0. The summed E-state index contributed by atoms with van der Waals surface area (Å²) in [6.07, 6.45) is 3.83. The zero-order chi connectivity index (χ0) is 19.4. The number of likely N-dealkylation sites (tertiary alicyclic amines) is 1. The van der Waals surface area contributed by atoms with Crippen molar-refractivity contribution in [1.29, 1.82) is 0 Å². The van der Waals surface area contributed by atoms with Crippen LogP contribution in [0.1, 0.15) is 49.4 Å². The summed E-state index contributed by atoms with van der Waals surface area (Å²) in [6, 6.07) is 5.32. The Balaban J connectivity index is 1.60. The van der Waals surface area contributed by atoms with Crippen molar-refractivity contribution in [3.63, 3.8) is 0 Å². The molecule has 1 spiro atoms. The summed E-state index contributed by atoms with van der Waals surface area (Å²) in [5, 5.41) is 0. The Morgan fingerprint density at radius 2 is 2.19 bits per heavy atom. The average molecular weight is 374 g/mol. The minimum Gasteiger partial charge on any atom is -0.497 e. The first-order valence-corrected chi connectivity index (χ1v) is 9.83. The average Bonchev–Trinajstić information content (AvgIpc) is 3.07. The Bertz CT molecular complexity index is 705. The van der Waals surface area contributed by atoms with Gasteiger partial charge in [0, 0.05) is 25.9 Å². The van der Waals surface area contributed by atoms with E-state index in [4.69, 9.17) is 9.47 Å². The van der Waals surface area contributed by atoms with Crippen LogP contribution < -0.4 is 9.47 Å². The third-order valence-corrected chi connectivity index (χ3v) is 5.57. The van der Waals surface area contributed by atoms with Gasteiger partial charge in [-0.1, -0.05) is 13.3 Å². The van der Waals surface area contributed by atoms with Crippen LogP contribution in [0.3, 0.4) is 0 Å². The lowest BCUT2D eigenvalue weighted by Crippen LogP contribution is -2.45. The first kappa shape index (κ1) is 19.7. The van der Waals surface area contributed by atoms with Crippen molar-refractivity contribution in [2.45, 2.75) is 44.6 Å². The summed E-state index contributed by atoms with van der Waals surface area (Å²) in [6.45, 7) is 5.09. The number of ketones is 1. The molecule has 1 aromatic rings. The molecule has 1 amide bonds. The van der Waals surface area contributed by atoms with Gasteiger partial charge in [-0.25, -0.2) is 0 Å². The van der Waals surface area contributed by atoms with Gasteiger partial charge in [-0.2, -0.15) is 0 Å². The highest BCUT2D eigenvalue weighted by molar-refractivity contribution is 6.00. The number of rotatable bonds is 7. The van der Waals surface area contributed by atoms with Crippen molar-refractivity contribution >= 4 is 11.7 Å². The van der Waals surface area contributed by atoms with E-state index in [2.05, 4.69) is 18.9 Å². The number of Topliss-reactive ketones (excluding diaryl/α,β-unsaturated/α-hetero) is 1. The molecule has 2 heterocycles. The molecule has 0 N–H and O–H groups in total. The first-order valence-electron chi connectivity index (χ1n) is 9.83. The van der Waals surface area contributed by atoms with Gasteiger partial charge >= 0.3 is 0 Å². The molecule has 0 aliphatic carbocycles. The fraction of sp³-hybridized carbons (Fsp3) is 0.619. The smallest absolute Gasteiger partial charge is 0.223 e. The molecule has 0 radical (unpaired) electrons. The van der Waals surface area contributed by atoms with Crippen LogP contribution in [0.25, 0.3) is 0 Å². The maximum Gasteiger partial charge on any atom is 0.223 e. The van der Waals surface area contributed by atoms with Crippen LogP contribution in [0.15, 0.2) is 18.2 Å². The standard InChI is InChI=1S/C21H30N2O4/c1-4-5-10-22(2)11-8-20(25)23-12-9-21(15-23)14-18(24)17-13-16(26-3)6-7-19(17)27-21/h6-7,13H,4-5,8-12,14-15H2,1-3H3. The van der Waals surface area contributed by atoms with E-state index >= 15 is 0 Å². The zero-order valence-corrected chi connectivity index (χ0v) is 16.6. The molecule has 6 heteroatoms. The number of benzene rings is 1. The van der Waals surface area contributed by atoms with Gasteiger partial charge in [0.2, 0.25) is 5.91 Å². The monoisotopic (exact) mass is 374 g/mol. The lowest BCUT2D eigenvalue weighted by molar-refractivity contribution is -0.131. The second kappa shape index (κ2) is 8.30. The van der Waals surface area contributed by atoms with Crippen LogP contribution in [-0.4, -0.2) is 67.4 Å². The molecule has 1 aromatic carbocycles. The topological polar surface area (TPSA) is 59.1 Å². The molecular formula is C21H30N2O4. The normalized spacial score (nSPS) is 21.5. The number of hydrogen-bond acceptors (Lipinski definition) is 5. The molecule has 1 atom stereocenters. The fourth-order valence-electron chi connectivity index (χ4n) is 3.87. The van der Waals surface area contributed by atoms with Crippen molar-refractivity contribution in [3.8, 4) is 11.5 Å². The van der Waals surface area contributed by atoms with Crippen molar-refractivity contribution in [1.82, 2.24) is 9.80 Å². The Labute approximate surface area is 161 Å². The molecular weight excluding hydrogens is 344 g/mol. The quantitative estimate of drug-likeness (QED) is 0.734. The van der Waals surface area contributed by atoms with E-state index in [0.717, 1.165) is 25.9 Å². The lowest BCUT2D eigenvalue weighted by Gasteiger charge is -2.34.